The third kappa shape index (κ3) is 4.85. The Hall–Kier alpha value is -2.25. The van der Waals surface area contributed by atoms with Crippen molar-refractivity contribution < 1.29 is 23.1 Å². The number of likely N-dealkylation sites (tertiary alicyclic amines) is 1. The second-order valence-corrected chi connectivity index (χ2v) is 7.63. The van der Waals surface area contributed by atoms with Gasteiger partial charge in [-0.1, -0.05) is 36.2 Å². The molecule has 2 N–H and O–H groups in total. The van der Waals surface area contributed by atoms with Crippen LogP contribution in [0, 0.1) is 0 Å². The van der Waals surface area contributed by atoms with Crippen LogP contribution in [0.3, 0.4) is 0 Å². The average Bonchev–Trinajstić information content (AvgIpc) is 2.66. The van der Waals surface area contributed by atoms with Crippen LogP contribution in [0.15, 0.2) is 42.5 Å². The van der Waals surface area contributed by atoms with E-state index in [1.165, 1.54) is 18.2 Å². The summed E-state index contributed by atoms with van der Waals surface area (Å²) in [6, 6.07) is 9.25. The van der Waals surface area contributed by atoms with Gasteiger partial charge in [-0.05, 0) is 56.3 Å². The van der Waals surface area contributed by atoms with Crippen molar-refractivity contribution in [1.82, 2.24) is 10.2 Å². The third-order valence-corrected chi connectivity index (χ3v) is 5.68. The lowest BCUT2D eigenvalue weighted by Gasteiger charge is -2.38. The summed E-state index contributed by atoms with van der Waals surface area (Å²) < 4.78 is 39.5. The number of nitrogens with one attached hydrogen (secondary N) is 1. The maximum Gasteiger partial charge on any atom is 0.417 e. The monoisotopic (exact) mass is 426 g/mol. The topological polar surface area (TPSA) is 52.6 Å². The van der Waals surface area contributed by atoms with Crippen LogP contribution in [0.25, 0.3) is 0 Å². The Balaban J connectivity index is 1.95. The Labute approximate surface area is 172 Å². The molecule has 156 valence electrons. The Morgan fingerprint density at radius 3 is 2.62 bits per heavy atom. The number of nitrogens with zero attached hydrogens (tertiary/aromatic N) is 1. The van der Waals surface area contributed by atoms with Crippen LogP contribution in [0.5, 0.6) is 5.75 Å². The fraction of sp³-hybridized carbons (Fsp3) is 0.381. The van der Waals surface area contributed by atoms with Crippen molar-refractivity contribution in [2.24, 2.45) is 0 Å². The van der Waals surface area contributed by atoms with Crippen LogP contribution in [-0.4, -0.2) is 35.5 Å². The first-order chi connectivity index (χ1) is 13.7. The molecule has 0 spiro atoms. The van der Waals surface area contributed by atoms with E-state index in [9.17, 15) is 23.1 Å². The lowest BCUT2D eigenvalue weighted by atomic mass is 9.90. The van der Waals surface area contributed by atoms with E-state index in [-0.39, 0.29) is 17.4 Å². The van der Waals surface area contributed by atoms with Gasteiger partial charge in [0.25, 0.3) is 5.91 Å². The minimum Gasteiger partial charge on any atom is -0.508 e. The second kappa shape index (κ2) is 8.63. The number of halogens is 4. The van der Waals surface area contributed by atoms with Gasteiger partial charge in [0.2, 0.25) is 0 Å². The molecule has 0 radical (unpaired) electrons. The Kier molecular flexibility index (Phi) is 6.39. The highest BCUT2D eigenvalue weighted by Gasteiger charge is 2.36. The SMILES string of the molecule is CN1CCCC[C@H]1C(NC(=O)c1cccc(C(F)(F)F)c1Cl)c1cccc(O)c1. The number of alkyl halides is 3. The van der Waals surface area contributed by atoms with Crippen molar-refractivity contribution in [3.63, 3.8) is 0 Å². The molecule has 1 fully saturated rings. The van der Waals surface area contributed by atoms with Crippen LogP contribution in [0.4, 0.5) is 13.2 Å². The molecule has 0 aromatic heterocycles. The number of phenols is 1. The van der Waals surface area contributed by atoms with Gasteiger partial charge in [-0.25, -0.2) is 0 Å². The molecule has 29 heavy (non-hydrogen) atoms. The number of hydrogen-bond donors (Lipinski definition) is 2. The molecular formula is C21H22ClF3N2O2. The molecule has 1 unspecified atom stereocenters. The van der Waals surface area contributed by atoms with Crippen LogP contribution in [-0.2, 0) is 6.18 Å². The summed E-state index contributed by atoms with van der Waals surface area (Å²) in [5.74, 6) is -0.634. The number of likely N-dealkylation sites (N-methyl/N-ethyl adjacent to an activating group) is 1. The molecule has 3 rings (SSSR count). The van der Waals surface area contributed by atoms with E-state index in [0.29, 0.717) is 5.56 Å². The van der Waals surface area contributed by atoms with E-state index in [1.807, 2.05) is 7.05 Å². The summed E-state index contributed by atoms with van der Waals surface area (Å²) >= 11 is 5.93. The van der Waals surface area contributed by atoms with E-state index in [0.717, 1.165) is 31.9 Å². The van der Waals surface area contributed by atoms with Gasteiger partial charge in [-0.3, -0.25) is 4.79 Å². The summed E-state index contributed by atoms with van der Waals surface area (Å²) in [6.45, 7) is 0.847. The van der Waals surface area contributed by atoms with Crippen molar-refractivity contribution in [1.29, 1.82) is 0 Å². The zero-order valence-corrected chi connectivity index (χ0v) is 16.6. The van der Waals surface area contributed by atoms with E-state index in [4.69, 9.17) is 11.6 Å². The van der Waals surface area contributed by atoms with Crippen molar-refractivity contribution in [2.45, 2.75) is 37.5 Å². The lowest BCUT2D eigenvalue weighted by Crippen LogP contribution is -2.47. The number of carbonyl (C=O) groups excluding carboxylic acids is 1. The summed E-state index contributed by atoms with van der Waals surface area (Å²) in [6.07, 6.45) is -1.83. The predicted molar refractivity (Wildman–Crippen MR) is 105 cm³/mol. The molecule has 0 aliphatic carbocycles. The molecule has 8 heteroatoms. The lowest BCUT2D eigenvalue weighted by molar-refractivity contribution is -0.137. The second-order valence-electron chi connectivity index (χ2n) is 7.25. The fourth-order valence-electron chi connectivity index (χ4n) is 3.79. The zero-order chi connectivity index (χ0) is 21.2. The number of carbonyl (C=O) groups is 1. The minimum atomic E-state index is -4.65. The third-order valence-electron chi connectivity index (χ3n) is 5.28. The van der Waals surface area contributed by atoms with Crippen LogP contribution < -0.4 is 5.32 Å². The van der Waals surface area contributed by atoms with Crippen LogP contribution in [0.1, 0.15) is 46.8 Å². The number of phenolic OH excluding ortho intramolecular Hbond substituents is 1. The predicted octanol–water partition coefficient (Wildman–Crippen LogP) is 5.02. The maximum atomic E-state index is 13.2. The first-order valence-electron chi connectivity index (χ1n) is 9.34. The molecular weight excluding hydrogens is 405 g/mol. The van der Waals surface area contributed by atoms with Gasteiger partial charge in [-0.15, -0.1) is 0 Å². The Morgan fingerprint density at radius 2 is 1.97 bits per heavy atom. The zero-order valence-electron chi connectivity index (χ0n) is 15.8. The summed E-state index contributed by atoms with van der Waals surface area (Å²) in [4.78, 5) is 15.0. The first kappa shape index (κ1) is 21.5. The van der Waals surface area contributed by atoms with E-state index >= 15 is 0 Å². The van der Waals surface area contributed by atoms with Gasteiger partial charge in [0.05, 0.1) is 22.2 Å². The van der Waals surface area contributed by atoms with Gasteiger partial charge < -0.3 is 15.3 Å². The minimum absolute atomic E-state index is 0.0531. The van der Waals surface area contributed by atoms with Gasteiger partial charge in [0, 0.05) is 6.04 Å². The standard InChI is InChI=1S/C21H22ClF3N2O2/c1-27-11-3-2-10-17(27)19(13-6-4-7-14(28)12-13)26-20(29)15-8-5-9-16(18(15)22)21(23,24)25/h4-9,12,17,19,28H,2-3,10-11H2,1H3,(H,26,29)/t17-,19?/m0/s1. The summed E-state index contributed by atoms with van der Waals surface area (Å²) in [7, 11) is 1.95. The molecule has 0 bridgehead atoms. The van der Waals surface area contributed by atoms with Crippen molar-refractivity contribution in [3.05, 3.63) is 64.2 Å². The Bertz CT molecular complexity index is 888. The molecule has 2 aromatic rings. The molecule has 1 amide bonds. The number of amides is 1. The van der Waals surface area contributed by atoms with Gasteiger partial charge in [0.15, 0.2) is 0 Å². The number of hydrogen-bond acceptors (Lipinski definition) is 3. The van der Waals surface area contributed by atoms with E-state index in [2.05, 4.69) is 10.2 Å². The summed E-state index contributed by atoms with van der Waals surface area (Å²) in [5, 5.41) is 12.1. The first-order valence-corrected chi connectivity index (χ1v) is 9.72. The molecule has 2 aromatic carbocycles. The van der Waals surface area contributed by atoms with Crippen molar-refractivity contribution >= 4 is 17.5 Å². The fourth-order valence-corrected chi connectivity index (χ4v) is 4.11. The number of aromatic hydroxyl groups is 1. The van der Waals surface area contributed by atoms with Crippen molar-refractivity contribution in [2.75, 3.05) is 13.6 Å². The maximum absolute atomic E-state index is 13.2. The van der Waals surface area contributed by atoms with Gasteiger partial charge >= 0.3 is 6.18 Å². The quantitative estimate of drug-likeness (QED) is 0.721. The van der Waals surface area contributed by atoms with E-state index < -0.39 is 28.7 Å². The normalized spacial score (nSPS) is 19.0. The smallest absolute Gasteiger partial charge is 0.417 e. The average molecular weight is 427 g/mol. The molecule has 0 saturated carbocycles. The molecule has 1 aliphatic rings. The van der Waals surface area contributed by atoms with Crippen molar-refractivity contribution in [3.8, 4) is 5.75 Å². The van der Waals surface area contributed by atoms with Crippen LogP contribution >= 0.6 is 11.6 Å². The van der Waals surface area contributed by atoms with E-state index in [1.54, 1.807) is 18.2 Å². The summed E-state index contributed by atoms with van der Waals surface area (Å²) in [5.41, 5.74) is -0.596. The number of rotatable bonds is 4. The number of piperidine rings is 1. The molecule has 1 saturated heterocycles. The highest BCUT2D eigenvalue weighted by atomic mass is 35.5. The van der Waals surface area contributed by atoms with Crippen LogP contribution in [0.2, 0.25) is 5.02 Å². The largest absolute Gasteiger partial charge is 0.508 e. The Morgan fingerprint density at radius 1 is 1.24 bits per heavy atom. The molecule has 1 heterocycles. The highest BCUT2D eigenvalue weighted by Crippen LogP contribution is 2.37. The van der Waals surface area contributed by atoms with Gasteiger partial charge in [0.1, 0.15) is 5.75 Å². The van der Waals surface area contributed by atoms with Gasteiger partial charge in [-0.2, -0.15) is 13.2 Å². The molecule has 1 aliphatic heterocycles. The highest BCUT2D eigenvalue weighted by molar-refractivity contribution is 6.34. The molecule has 4 nitrogen and oxygen atoms in total. The molecule has 2 atom stereocenters. The number of benzene rings is 2.